The van der Waals surface area contributed by atoms with E-state index in [1.54, 1.807) is 0 Å². The molecule has 0 aromatic carbocycles. The van der Waals surface area contributed by atoms with Crippen LogP contribution in [0.1, 0.15) is 59.3 Å². The number of fused-ring (bicyclic) bond motifs is 1. The van der Waals surface area contributed by atoms with Gasteiger partial charge in [-0.15, -0.1) is 6.58 Å². The van der Waals surface area contributed by atoms with Gasteiger partial charge in [-0.3, -0.25) is 4.90 Å². The van der Waals surface area contributed by atoms with E-state index in [0.29, 0.717) is 6.04 Å². The SMILES string of the molecule is C=CCN(CC1CCC2CCCCC2N1)C(C)(C)C. The van der Waals surface area contributed by atoms with E-state index in [2.05, 4.69) is 37.6 Å². The van der Waals surface area contributed by atoms with Crippen molar-refractivity contribution < 1.29 is 0 Å². The highest BCUT2D eigenvalue weighted by Gasteiger charge is 2.33. The lowest BCUT2D eigenvalue weighted by atomic mass is 9.77. The Balaban J connectivity index is 1.89. The summed E-state index contributed by atoms with van der Waals surface area (Å²) in [5.41, 5.74) is 0.235. The van der Waals surface area contributed by atoms with Crippen LogP contribution in [0.25, 0.3) is 0 Å². The molecule has 2 rings (SSSR count). The van der Waals surface area contributed by atoms with Gasteiger partial charge in [-0.25, -0.2) is 0 Å². The van der Waals surface area contributed by atoms with Gasteiger partial charge < -0.3 is 5.32 Å². The van der Waals surface area contributed by atoms with Crippen LogP contribution in [-0.4, -0.2) is 35.6 Å². The monoisotopic (exact) mass is 264 g/mol. The minimum absolute atomic E-state index is 0.235. The second kappa shape index (κ2) is 6.41. The normalized spacial score (nSPS) is 32.1. The van der Waals surface area contributed by atoms with Crippen molar-refractivity contribution in [3.8, 4) is 0 Å². The fraction of sp³-hybridized carbons (Fsp3) is 0.882. The highest BCUT2D eigenvalue weighted by Crippen LogP contribution is 2.32. The Morgan fingerprint density at radius 1 is 1.16 bits per heavy atom. The van der Waals surface area contributed by atoms with Crippen LogP contribution in [0.2, 0.25) is 0 Å². The van der Waals surface area contributed by atoms with Gasteiger partial charge in [0.05, 0.1) is 0 Å². The molecule has 1 saturated carbocycles. The molecule has 0 amide bonds. The van der Waals surface area contributed by atoms with Gasteiger partial charge in [0.25, 0.3) is 0 Å². The van der Waals surface area contributed by atoms with Gasteiger partial charge in [-0.2, -0.15) is 0 Å². The lowest BCUT2D eigenvalue weighted by Crippen LogP contribution is -2.55. The first kappa shape index (κ1) is 15.1. The van der Waals surface area contributed by atoms with Gasteiger partial charge in [0.1, 0.15) is 0 Å². The van der Waals surface area contributed by atoms with Crippen LogP contribution in [0.3, 0.4) is 0 Å². The number of piperidine rings is 1. The Bertz CT molecular complexity index is 292. The Morgan fingerprint density at radius 2 is 1.89 bits per heavy atom. The minimum atomic E-state index is 0.235. The molecule has 1 aliphatic carbocycles. The molecule has 110 valence electrons. The zero-order chi connectivity index (χ0) is 13.9. The molecule has 0 bridgehead atoms. The summed E-state index contributed by atoms with van der Waals surface area (Å²) in [7, 11) is 0. The number of hydrogen-bond acceptors (Lipinski definition) is 2. The van der Waals surface area contributed by atoms with E-state index in [0.717, 1.165) is 18.5 Å². The van der Waals surface area contributed by atoms with Crippen LogP contribution < -0.4 is 5.32 Å². The second-order valence-electron chi connectivity index (χ2n) is 7.46. The van der Waals surface area contributed by atoms with Crippen molar-refractivity contribution in [2.24, 2.45) is 5.92 Å². The third-order valence-electron chi connectivity index (χ3n) is 4.98. The number of rotatable bonds is 4. The maximum atomic E-state index is 3.94. The maximum Gasteiger partial charge on any atom is 0.0198 e. The minimum Gasteiger partial charge on any atom is -0.310 e. The van der Waals surface area contributed by atoms with E-state index in [-0.39, 0.29) is 5.54 Å². The Labute approximate surface area is 119 Å². The van der Waals surface area contributed by atoms with Gasteiger partial charge in [-0.05, 0) is 52.4 Å². The van der Waals surface area contributed by atoms with Gasteiger partial charge in [-0.1, -0.05) is 18.9 Å². The summed E-state index contributed by atoms with van der Waals surface area (Å²) >= 11 is 0. The largest absolute Gasteiger partial charge is 0.310 e. The van der Waals surface area contributed by atoms with Crippen molar-refractivity contribution in [1.29, 1.82) is 0 Å². The predicted molar refractivity (Wildman–Crippen MR) is 83.4 cm³/mol. The molecule has 1 saturated heterocycles. The van der Waals surface area contributed by atoms with E-state index in [1.807, 2.05) is 6.08 Å². The molecule has 1 aliphatic heterocycles. The molecule has 3 atom stereocenters. The van der Waals surface area contributed by atoms with E-state index in [9.17, 15) is 0 Å². The molecule has 3 unspecified atom stereocenters. The standard InChI is InChI=1S/C17H32N2/c1-5-12-19(17(2,3)4)13-15-11-10-14-8-6-7-9-16(14)18-15/h5,14-16,18H,1,6-13H2,2-4H3. The van der Waals surface area contributed by atoms with Crippen molar-refractivity contribution >= 4 is 0 Å². The number of nitrogens with zero attached hydrogens (tertiary/aromatic N) is 1. The molecule has 19 heavy (non-hydrogen) atoms. The topological polar surface area (TPSA) is 15.3 Å². The molecule has 2 aliphatic rings. The van der Waals surface area contributed by atoms with Crippen molar-refractivity contribution in [1.82, 2.24) is 10.2 Å². The molecular weight excluding hydrogens is 232 g/mol. The maximum absolute atomic E-state index is 3.94. The smallest absolute Gasteiger partial charge is 0.0198 e. The number of nitrogens with one attached hydrogen (secondary N) is 1. The van der Waals surface area contributed by atoms with Gasteiger partial charge >= 0.3 is 0 Å². The molecular formula is C17H32N2. The molecule has 1 heterocycles. The van der Waals surface area contributed by atoms with Crippen molar-refractivity contribution in [2.45, 2.75) is 76.9 Å². The third-order valence-corrected chi connectivity index (χ3v) is 4.98. The van der Waals surface area contributed by atoms with Gasteiger partial charge in [0.15, 0.2) is 0 Å². The van der Waals surface area contributed by atoms with Crippen LogP contribution in [0.5, 0.6) is 0 Å². The van der Waals surface area contributed by atoms with E-state index in [4.69, 9.17) is 0 Å². The van der Waals surface area contributed by atoms with Crippen LogP contribution in [0, 0.1) is 5.92 Å². The highest BCUT2D eigenvalue weighted by atomic mass is 15.2. The number of hydrogen-bond donors (Lipinski definition) is 1. The molecule has 0 spiro atoms. The molecule has 2 nitrogen and oxygen atoms in total. The fourth-order valence-electron chi connectivity index (χ4n) is 3.76. The summed E-state index contributed by atoms with van der Waals surface area (Å²) in [6.07, 6.45) is 10.6. The Morgan fingerprint density at radius 3 is 2.58 bits per heavy atom. The molecule has 2 heteroatoms. The van der Waals surface area contributed by atoms with Crippen LogP contribution >= 0.6 is 0 Å². The summed E-state index contributed by atoms with van der Waals surface area (Å²) in [5, 5.41) is 3.94. The van der Waals surface area contributed by atoms with E-state index >= 15 is 0 Å². The lowest BCUT2D eigenvalue weighted by Gasteiger charge is -2.44. The van der Waals surface area contributed by atoms with Crippen LogP contribution in [-0.2, 0) is 0 Å². The highest BCUT2D eigenvalue weighted by molar-refractivity contribution is 4.93. The average Bonchev–Trinajstić information content (AvgIpc) is 2.37. The quantitative estimate of drug-likeness (QED) is 0.781. The Kier molecular flexibility index (Phi) is 5.08. The van der Waals surface area contributed by atoms with Crippen molar-refractivity contribution in [2.75, 3.05) is 13.1 Å². The summed E-state index contributed by atoms with van der Waals surface area (Å²) in [5.74, 6) is 0.965. The van der Waals surface area contributed by atoms with Gasteiger partial charge in [0, 0.05) is 30.7 Å². The van der Waals surface area contributed by atoms with Crippen LogP contribution in [0.4, 0.5) is 0 Å². The predicted octanol–water partition coefficient (Wildman–Crippen LogP) is 3.58. The molecule has 0 radical (unpaired) electrons. The van der Waals surface area contributed by atoms with Crippen LogP contribution in [0.15, 0.2) is 12.7 Å². The molecule has 1 N–H and O–H groups in total. The van der Waals surface area contributed by atoms with Crippen molar-refractivity contribution in [3.05, 3.63) is 12.7 Å². The first-order valence-corrected chi connectivity index (χ1v) is 8.12. The summed E-state index contributed by atoms with van der Waals surface area (Å²) < 4.78 is 0. The van der Waals surface area contributed by atoms with Crippen molar-refractivity contribution in [3.63, 3.8) is 0 Å². The summed E-state index contributed by atoms with van der Waals surface area (Å²) in [6.45, 7) is 13.0. The van der Waals surface area contributed by atoms with Gasteiger partial charge in [0.2, 0.25) is 0 Å². The Hall–Kier alpha value is -0.340. The van der Waals surface area contributed by atoms with E-state index < -0.39 is 0 Å². The molecule has 0 aromatic heterocycles. The third kappa shape index (κ3) is 4.06. The zero-order valence-electron chi connectivity index (χ0n) is 13.1. The average molecular weight is 264 g/mol. The lowest BCUT2D eigenvalue weighted by molar-refractivity contribution is 0.101. The second-order valence-corrected chi connectivity index (χ2v) is 7.46. The van der Waals surface area contributed by atoms with E-state index in [1.165, 1.54) is 45.1 Å². The summed E-state index contributed by atoms with van der Waals surface area (Å²) in [4.78, 5) is 2.56. The fourth-order valence-corrected chi connectivity index (χ4v) is 3.76. The first-order chi connectivity index (χ1) is 9.00. The molecule has 2 fully saturated rings. The first-order valence-electron chi connectivity index (χ1n) is 8.12. The zero-order valence-corrected chi connectivity index (χ0v) is 13.1. The molecule has 0 aromatic rings. The summed E-state index contributed by atoms with van der Waals surface area (Å²) in [6, 6.07) is 1.48.